The molecule has 0 saturated heterocycles. The molecule has 0 radical (unpaired) electrons. The molecule has 0 heterocycles. The third-order valence-corrected chi connectivity index (χ3v) is 2.89. The Morgan fingerprint density at radius 2 is 1.77 bits per heavy atom. The number of carbonyl (C=O) groups excluding carboxylic acids is 3. The van der Waals surface area contributed by atoms with Crippen molar-refractivity contribution >= 4 is 17.8 Å². The summed E-state index contributed by atoms with van der Waals surface area (Å²) in [5.74, 6) is -1.18. The Morgan fingerprint density at radius 1 is 1.09 bits per heavy atom. The maximum Gasteiger partial charge on any atom is 0.338 e. The number of hydrogen-bond acceptors (Lipinski definition) is 5. The number of aryl methyl sites for hydroxylation is 1. The number of benzene rings is 1. The van der Waals surface area contributed by atoms with Crippen molar-refractivity contribution in [1.82, 2.24) is 5.48 Å². The molecular weight excluding hydrogens is 286 g/mol. The summed E-state index contributed by atoms with van der Waals surface area (Å²) >= 11 is 0. The number of ether oxygens (including phenoxy) is 1. The summed E-state index contributed by atoms with van der Waals surface area (Å²) in [7, 11) is 0. The van der Waals surface area contributed by atoms with Crippen LogP contribution in [0.5, 0.6) is 0 Å². The number of rotatable bonds is 7. The zero-order valence-corrected chi connectivity index (χ0v) is 12.9. The molecule has 1 N–H and O–H groups in total. The average Bonchev–Trinajstić information content (AvgIpc) is 2.50. The predicted octanol–water partition coefficient (Wildman–Crippen LogP) is 2.17. The zero-order valence-electron chi connectivity index (χ0n) is 12.9. The van der Waals surface area contributed by atoms with Crippen molar-refractivity contribution < 1.29 is 24.0 Å². The van der Waals surface area contributed by atoms with Gasteiger partial charge in [0.2, 0.25) is 0 Å². The van der Waals surface area contributed by atoms with Crippen LogP contribution in [0.2, 0.25) is 0 Å². The standard InChI is InChI=1S/C16H21NO5/c1-3-21-16(20)14-10-8-13(9-11-14)6-4-5-7-15(19)17-22-12(2)18/h8-11H,3-7H2,1-2H3,(H,17,19). The van der Waals surface area contributed by atoms with Crippen LogP contribution in [0.15, 0.2) is 24.3 Å². The lowest BCUT2D eigenvalue weighted by atomic mass is 10.1. The summed E-state index contributed by atoms with van der Waals surface area (Å²) < 4.78 is 4.91. The van der Waals surface area contributed by atoms with E-state index in [9.17, 15) is 14.4 Å². The van der Waals surface area contributed by atoms with Crippen LogP contribution in [-0.2, 0) is 25.6 Å². The van der Waals surface area contributed by atoms with Crippen molar-refractivity contribution in [3.63, 3.8) is 0 Å². The van der Waals surface area contributed by atoms with Crippen molar-refractivity contribution in [3.8, 4) is 0 Å². The number of carbonyl (C=O) groups is 3. The van der Waals surface area contributed by atoms with Crippen LogP contribution in [0, 0.1) is 0 Å². The van der Waals surface area contributed by atoms with Gasteiger partial charge in [0.1, 0.15) is 0 Å². The minimum atomic E-state index is -0.546. The molecule has 6 nitrogen and oxygen atoms in total. The van der Waals surface area contributed by atoms with Gasteiger partial charge in [-0.15, -0.1) is 0 Å². The van der Waals surface area contributed by atoms with Crippen LogP contribution in [0.4, 0.5) is 0 Å². The first-order valence-electron chi connectivity index (χ1n) is 7.25. The van der Waals surface area contributed by atoms with E-state index in [0.717, 1.165) is 18.4 Å². The van der Waals surface area contributed by atoms with E-state index in [-0.39, 0.29) is 11.9 Å². The molecule has 0 aliphatic heterocycles. The van der Waals surface area contributed by atoms with Crippen molar-refractivity contribution in [3.05, 3.63) is 35.4 Å². The van der Waals surface area contributed by atoms with E-state index >= 15 is 0 Å². The smallest absolute Gasteiger partial charge is 0.338 e. The predicted molar refractivity (Wildman–Crippen MR) is 79.9 cm³/mol. The van der Waals surface area contributed by atoms with Crippen LogP contribution < -0.4 is 5.48 Å². The van der Waals surface area contributed by atoms with Crippen molar-refractivity contribution in [2.24, 2.45) is 0 Å². The number of hydrogen-bond donors (Lipinski definition) is 1. The molecule has 0 spiro atoms. The van der Waals surface area contributed by atoms with E-state index in [2.05, 4.69) is 10.3 Å². The lowest BCUT2D eigenvalue weighted by molar-refractivity contribution is -0.156. The topological polar surface area (TPSA) is 81.7 Å². The quantitative estimate of drug-likeness (QED) is 0.474. The number of hydroxylamine groups is 1. The molecule has 120 valence electrons. The van der Waals surface area contributed by atoms with Gasteiger partial charge in [0.15, 0.2) is 0 Å². The van der Waals surface area contributed by atoms with E-state index in [1.807, 2.05) is 12.1 Å². The van der Waals surface area contributed by atoms with Gasteiger partial charge in [0.05, 0.1) is 12.2 Å². The minimum absolute atomic E-state index is 0.300. The normalized spacial score (nSPS) is 9.91. The van der Waals surface area contributed by atoms with Gasteiger partial charge in [0.25, 0.3) is 5.91 Å². The van der Waals surface area contributed by atoms with Gasteiger partial charge in [-0.2, -0.15) is 5.48 Å². The van der Waals surface area contributed by atoms with Crippen LogP contribution in [0.25, 0.3) is 0 Å². The third-order valence-electron chi connectivity index (χ3n) is 2.89. The third kappa shape index (κ3) is 6.88. The highest BCUT2D eigenvalue weighted by molar-refractivity contribution is 5.89. The highest BCUT2D eigenvalue weighted by Crippen LogP contribution is 2.10. The van der Waals surface area contributed by atoms with E-state index in [0.29, 0.717) is 25.0 Å². The molecule has 0 aliphatic carbocycles. The lowest BCUT2D eigenvalue weighted by Gasteiger charge is -2.05. The van der Waals surface area contributed by atoms with Crippen molar-refractivity contribution in [1.29, 1.82) is 0 Å². The molecule has 0 unspecified atom stereocenters. The highest BCUT2D eigenvalue weighted by atomic mass is 16.7. The second-order valence-corrected chi connectivity index (χ2v) is 4.74. The maximum absolute atomic E-state index is 11.5. The summed E-state index contributed by atoms with van der Waals surface area (Å²) in [4.78, 5) is 37.7. The van der Waals surface area contributed by atoms with E-state index in [1.54, 1.807) is 19.1 Å². The first-order valence-corrected chi connectivity index (χ1v) is 7.25. The SMILES string of the molecule is CCOC(=O)c1ccc(CCCCC(=O)NOC(C)=O)cc1. The summed E-state index contributed by atoms with van der Waals surface area (Å²) in [6.45, 7) is 3.35. The molecule has 0 bridgehead atoms. The van der Waals surface area contributed by atoms with Crippen LogP contribution in [-0.4, -0.2) is 24.5 Å². The first-order chi connectivity index (χ1) is 10.5. The van der Waals surface area contributed by atoms with Gasteiger partial charge < -0.3 is 9.57 Å². The first kappa shape index (κ1) is 17.7. The summed E-state index contributed by atoms with van der Waals surface area (Å²) in [6, 6.07) is 7.23. The Balaban J connectivity index is 2.26. The fraction of sp³-hybridized carbons (Fsp3) is 0.438. The van der Waals surface area contributed by atoms with E-state index in [4.69, 9.17) is 4.74 Å². The molecule has 0 saturated carbocycles. The Bertz CT molecular complexity index is 510. The fourth-order valence-corrected chi connectivity index (χ4v) is 1.82. The van der Waals surface area contributed by atoms with Gasteiger partial charge >= 0.3 is 11.9 Å². The second kappa shape index (κ2) is 9.55. The lowest BCUT2D eigenvalue weighted by Crippen LogP contribution is -2.25. The number of nitrogens with one attached hydrogen (secondary N) is 1. The summed E-state index contributed by atoms with van der Waals surface area (Å²) in [5, 5.41) is 0. The van der Waals surface area contributed by atoms with Gasteiger partial charge in [-0.05, 0) is 43.9 Å². The van der Waals surface area contributed by atoms with Crippen LogP contribution in [0.3, 0.4) is 0 Å². The van der Waals surface area contributed by atoms with Gasteiger partial charge in [-0.25, -0.2) is 4.79 Å². The monoisotopic (exact) mass is 307 g/mol. The highest BCUT2D eigenvalue weighted by Gasteiger charge is 2.06. The molecule has 1 aromatic carbocycles. The molecule has 6 heteroatoms. The molecule has 1 rings (SSSR count). The molecule has 1 amide bonds. The zero-order chi connectivity index (χ0) is 16.4. The Labute approximate surface area is 129 Å². The van der Waals surface area contributed by atoms with Crippen molar-refractivity contribution in [2.75, 3.05) is 6.61 Å². The van der Waals surface area contributed by atoms with Crippen molar-refractivity contribution in [2.45, 2.75) is 39.5 Å². The van der Waals surface area contributed by atoms with Gasteiger partial charge in [0, 0.05) is 13.3 Å². The number of unbranched alkanes of at least 4 members (excludes halogenated alkanes) is 1. The fourth-order valence-electron chi connectivity index (χ4n) is 1.82. The minimum Gasteiger partial charge on any atom is -0.462 e. The summed E-state index contributed by atoms with van der Waals surface area (Å²) in [5.41, 5.74) is 3.70. The Morgan fingerprint density at radius 3 is 2.36 bits per heavy atom. The Kier molecular flexibility index (Phi) is 7.67. The molecular formula is C16H21NO5. The van der Waals surface area contributed by atoms with E-state index < -0.39 is 5.97 Å². The summed E-state index contributed by atoms with van der Waals surface area (Å²) in [6.07, 6.45) is 2.62. The number of esters is 1. The molecule has 1 aromatic rings. The molecule has 0 aliphatic rings. The second-order valence-electron chi connectivity index (χ2n) is 4.74. The van der Waals surface area contributed by atoms with Gasteiger partial charge in [-0.3, -0.25) is 9.59 Å². The maximum atomic E-state index is 11.5. The molecule has 22 heavy (non-hydrogen) atoms. The number of amides is 1. The largest absolute Gasteiger partial charge is 0.462 e. The van der Waals surface area contributed by atoms with Crippen LogP contribution >= 0.6 is 0 Å². The Hall–Kier alpha value is -2.37. The van der Waals surface area contributed by atoms with Crippen LogP contribution in [0.1, 0.15) is 49.0 Å². The average molecular weight is 307 g/mol. The molecule has 0 fully saturated rings. The molecule has 0 atom stereocenters. The molecule has 0 aromatic heterocycles. The van der Waals surface area contributed by atoms with E-state index in [1.165, 1.54) is 6.92 Å². The van der Waals surface area contributed by atoms with Gasteiger partial charge in [-0.1, -0.05) is 12.1 Å².